The Morgan fingerprint density at radius 2 is 1.76 bits per heavy atom. The molecule has 0 bridgehead atoms. The third-order valence-electron chi connectivity index (χ3n) is 2.62. The van der Waals surface area contributed by atoms with E-state index in [1.54, 1.807) is 6.92 Å². The normalized spacial score (nSPS) is 11.9. The molecule has 1 rings (SSSR count). The number of carbonyl (C=O) groups excluding carboxylic acids is 2. The molecule has 0 aromatic heterocycles. The number of amides is 2. The zero-order valence-electron chi connectivity index (χ0n) is 11.3. The summed E-state index contributed by atoms with van der Waals surface area (Å²) in [7, 11) is 0. The van der Waals surface area contributed by atoms with Gasteiger partial charge in [-0.2, -0.15) is 0 Å². The average molecular weight is 304 g/mol. The van der Waals surface area contributed by atoms with Crippen LogP contribution in [0.4, 0.5) is 18.9 Å². The van der Waals surface area contributed by atoms with Gasteiger partial charge in [-0.05, 0) is 19.8 Å². The van der Waals surface area contributed by atoms with Crippen molar-refractivity contribution in [3.8, 4) is 0 Å². The van der Waals surface area contributed by atoms with Gasteiger partial charge in [0.25, 0.3) is 0 Å². The van der Waals surface area contributed by atoms with Crippen molar-refractivity contribution in [2.75, 3.05) is 11.9 Å². The second-order valence-corrected chi connectivity index (χ2v) is 4.45. The summed E-state index contributed by atoms with van der Waals surface area (Å²) < 4.78 is 38.6. The number of halogens is 3. The molecule has 0 aliphatic heterocycles. The van der Waals surface area contributed by atoms with E-state index in [0.717, 1.165) is 0 Å². The molecule has 0 heterocycles. The Kier molecular flexibility index (Phi) is 6.16. The molecule has 0 aliphatic rings. The van der Waals surface area contributed by atoms with Crippen molar-refractivity contribution in [1.82, 2.24) is 5.32 Å². The average Bonchev–Trinajstić information content (AvgIpc) is 2.42. The standard InChI is InChI=1S/C13H15F3N2O3/c1-7(3-2-4-19)17-12(20)13(21)18-8-5-9(14)11(16)10(15)6-8/h5-7,19H,2-4H2,1H3,(H,17,20)(H,18,21). The lowest BCUT2D eigenvalue weighted by molar-refractivity contribution is -0.136. The molecule has 21 heavy (non-hydrogen) atoms. The van der Waals surface area contributed by atoms with Crippen LogP contribution in [0.5, 0.6) is 0 Å². The predicted molar refractivity (Wildman–Crippen MR) is 68.9 cm³/mol. The fraction of sp³-hybridized carbons (Fsp3) is 0.385. The van der Waals surface area contributed by atoms with Crippen LogP contribution in [0.3, 0.4) is 0 Å². The van der Waals surface area contributed by atoms with Gasteiger partial charge in [-0.1, -0.05) is 0 Å². The molecule has 0 fully saturated rings. The maximum Gasteiger partial charge on any atom is 0.313 e. The van der Waals surface area contributed by atoms with E-state index in [0.29, 0.717) is 25.0 Å². The summed E-state index contributed by atoms with van der Waals surface area (Å²) in [6, 6.07) is 0.787. The zero-order valence-corrected chi connectivity index (χ0v) is 11.3. The summed E-state index contributed by atoms with van der Waals surface area (Å²) >= 11 is 0. The van der Waals surface area contributed by atoms with Crippen LogP contribution in [0.25, 0.3) is 0 Å². The van der Waals surface area contributed by atoms with Crippen molar-refractivity contribution in [3.05, 3.63) is 29.6 Å². The van der Waals surface area contributed by atoms with Crippen molar-refractivity contribution in [2.24, 2.45) is 0 Å². The summed E-state index contributed by atoms with van der Waals surface area (Å²) in [5, 5.41) is 13.0. The van der Waals surface area contributed by atoms with Gasteiger partial charge in [0.2, 0.25) is 0 Å². The first-order valence-electron chi connectivity index (χ1n) is 6.22. The smallest absolute Gasteiger partial charge is 0.313 e. The minimum Gasteiger partial charge on any atom is -0.396 e. The van der Waals surface area contributed by atoms with Crippen molar-refractivity contribution < 1.29 is 27.9 Å². The van der Waals surface area contributed by atoms with Crippen LogP contribution in [0.2, 0.25) is 0 Å². The molecule has 0 saturated carbocycles. The fourth-order valence-corrected chi connectivity index (χ4v) is 1.57. The number of aliphatic hydroxyl groups excluding tert-OH is 1. The second kappa shape index (κ2) is 7.63. The Bertz CT molecular complexity index is 514. The van der Waals surface area contributed by atoms with E-state index >= 15 is 0 Å². The lowest BCUT2D eigenvalue weighted by Crippen LogP contribution is -2.40. The van der Waals surface area contributed by atoms with Crippen molar-refractivity contribution in [1.29, 1.82) is 0 Å². The Labute approximate surface area is 119 Å². The molecular weight excluding hydrogens is 289 g/mol. The number of anilines is 1. The minimum absolute atomic E-state index is 0.0411. The van der Waals surface area contributed by atoms with Gasteiger partial charge in [0, 0.05) is 30.5 Å². The second-order valence-electron chi connectivity index (χ2n) is 4.45. The van der Waals surface area contributed by atoms with Gasteiger partial charge in [0.05, 0.1) is 0 Å². The van der Waals surface area contributed by atoms with E-state index in [-0.39, 0.29) is 18.3 Å². The number of hydrogen-bond acceptors (Lipinski definition) is 3. The zero-order chi connectivity index (χ0) is 16.0. The monoisotopic (exact) mass is 304 g/mol. The SMILES string of the molecule is CC(CCCO)NC(=O)C(=O)Nc1cc(F)c(F)c(F)c1. The largest absolute Gasteiger partial charge is 0.396 e. The van der Waals surface area contributed by atoms with Crippen molar-refractivity contribution in [2.45, 2.75) is 25.8 Å². The van der Waals surface area contributed by atoms with Crippen LogP contribution >= 0.6 is 0 Å². The van der Waals surface area contributed by atoms with Crippen molar-refractivity contribution in [3.63, 3.8) is 0 Å². The molecule has 116 valence electrons. The maximum atomic E-state index is 13.0. The summed E-state index contributed by atoms with van der Waals surface area (Å²) in [4.78, 5) is 23.0. The maximum absolute atomic E-state index is 13.0. The molecule has 1 atom stereocenters. The molecule has 1 aromatic rings. The summed E-state index contributed by atoms with van der Waals surface area (Å²) in [6.45, 7) is 1.60. The van der Waals surface area contributed by atoms with E-state index < -0.39 is 29.3 Å². The first kappa shape index (κ1) is 17.0. The minimum atomic E-state index is -1.66. The van der Waals surface area contributed by atoms with Crippen LogP contribution in [0.15, 0.2) is 12.1 Å². The molecule has 3 N–H and O–H groups in total. The topological polar surface area (TPSA) is 78.4 Å². The number of rotatable bonds is 5. The van der Waals surface area contributed by atoms with Crippen LogP contribution < -0.4 is 10.6 Å². The Morgan fingerprint density at radius 1 is 1.19 bits per heavy atom. The van der Waals surface area contributed by atoms with E-state index in [9.17, 15) is 22.8 Å². The summed E-state index contributed by atoms with van der Waals surface area (Å²) in [5.41, 5.74) is -0.366. The van der Waals surface area contributed by atoms with Crippen LogP contribution in [0.1, 0.15) is 19.8 Å². The lowest BCUT2D eigenvalue weighted by atomic mass is 10.2. The quantitative estimate of drug-likeness (QED) is 0.567. The van der Waals surface area contributed by atoms with Gasteiger partial charge in [0.1, 0.15) is 0 Å². The fourth-order valence-electron chi connectivity index (χ4n) is 1.57. The highest BCUT2D eigenvalue weighted by Gasteiger charge is 2.18. The van der Waals surface area contributed by atoms with Gasteiger partial charge in [-0.25, -0.2) is 13.2 Å². The molecule has 0 aliphatic carbocycles. The number of benzene rings is 1. The molecule has 8 heteroatoms. The molecular formula is C13H15F3N2O3. The van der Waals surface area contributed by atoms with Gasteiger partial charge in [0.15, 0.2) is 17.5 Å². The Morgan fingerprint density at radius 3 is 2.29 bits per heavy atom. The molecule has 1 unspecified atom stereocenters. The van der Waals surface area contributed by atoms with Crippen LogP contribution in [0, 0.1) is 17.5 Å². The van der Waals surface area contributed by atoms with Gasteiger partial charge < -0.3 is 15.7 Å². The molecule has 0 spiro atoms. The highest BCUT2D eigenvalue weighted by atomic mass is 19.2. The first-order chi connectivity index (χ1) is 9.85. The Balaban J connectivity index is 2.62. The number of carbonyl (C=O) groups is 2. The van der Waals surface area contributed by atoms with E-state index in [2.05, 4.69) is 5.32 Å². The highest BCUT2D eigenvalue weighted by Crippen LogP contribution is 2.17. The van der Waals surface area contributed by atoms with Gasteiger partial charge in [-0.3, -0.25) is 9.59 Å². The van der Waals surface area contributed by atoms with Crippen molar-refractivity contribution >= 4 is 17.5 Å². The van der Waals surface area contributed by atoms with Gasteiger partial charge >= 0.3 is 11.8 Å². The molecule has 5 nitrogen and oxygen atoms in total. The van der Waals surface area contributed by atoms with Crippen LogP contribution in [-0.4, -0.2) is 29.6 Å². The molecule has 0 radical (unpaired) electrons. The summed E-state index contributed by atoms with van der Waals surface area (Å²) in [6.07, 6.45) is 0.923. The van der Waals surface area contributed by atoms with Crippen LogP contribution in [-0.2, 0) is 9.59 Å². The number of nitrogens with one attached hydrogen (secondary N) is 2. The predicted octanol–water partition coefficient (Wildman–Crippen LogP) is 1.32. The summed E-state index contributed by atoms with van der Waals surface area (Å²) in [5.74, 6) is -6.72. The molecule has 0 saturated heterocycles. The molecule has 2 amide bonds. The Hall–Kier alpha value is -2.09. The van der Waals surface area contributed by atoms with Gasteiger partial charge in [-0.15, -0.1) is 0 Å². The number of hydrogen-bond donors (Lipinski definition) is 3. The first-order valence-corrected chi connectivity index (χ1v) is 6.22. The highest BCUT2D eigenvalue weighted by molar-refractivity contribution is 6.39. The molecule has 1 aromatic carbocycles. The third-order valence-corrected chi connectivity index (χ3v) is 2.62. The van der Waals surface area contributed by atoms with E-state index in [1.807, 2.05) is 5.32 Å². The lowest BCUT2D eigenvalue weighted by Gasteiger charge is -2.13. The van der Waals surface area contributed by atoms with E-state index in [1.165, 1.54) is 0 Å². The van der Waals surface area contributed by atoms with E-state index in [4.69, 9.17) is 5.11 Å². The third kappa shape index (κ3) is 5.07. The number of aliphatic hydroxyl groups is 1.